The van der Waals surface area contributed by atoms with Crippen LogP contribution in [0.25, 0.3) is 0 Å². The highest BCUT2D eigenvalue weighted by Gasteiger charge is 2.35. The number of amides is 2. The summed E-state index contributed by atoms with van der Waals surface area (Å²) in [7, 11) is 0. The number of nitrogens with zero attached hydrogens (tertiary/aromatic N) is 1. The number of halogens is 3. The Morgan fingerprint density at radius 3 is 2.40 bits per heavy atom. The van der Waals surface area contributed by atoms with Crippen LogP contribution in [-0.4, -0.2) is 35.8 Å². The van der Waals surface area contributed by atoms with E-state index in [1.807, 2.05) is 23.1 Å². The fourth-order valence-electron chi connectivity index (χ4n) is 3.58. The third-order valence-electron chi connectivity index (χ3n) is 5.28. The van der Waals surface area contributed by atoms with Crippen molar-refractivity contribution in [3.63, 3.8) is 0 Å². The highest BCUT2D eigenvalue weighted by atomic mass is 19.4. The first-order chi connectivity index (χ1) is 14.3. The zero-order chi connectivity index (χ0) is 21.7. The monoisotopic (exact) mass is 419 g/mol. The zero-order valence-electron chi connectivity index (χ0n) is 16.6. The van der Waals surface area contributed by atoms with Gasteiger partial charge in [-0.1, -0.05) is 30.3 Å². The fourth-order valence-corrected chi connectivity index (χ4v) is 3.58. The van der Waals surface area contributed by atoms with E-state index < -0.39 is 23.7 Å². The minimum absolute atomic E-state index is 0.124. The summed E-state index contributed by atoms with van der Waals surface area (Å²) in [4.78, 5) is 27.1. The third kappa shape index (κ3) is 5.38. The number of rotatable bonds is 5. The summed E-state index contributed by atoms with van der Waals surface area (Å²) in [6.07, 6.45) is -3.14. The largest absolute Gasteiger partial charge is 0.418 e. The van der Waals surface area contributed by atoms with Gasteiger partial charge in [0.15, 0.2) is 0 Å². The molecule has 0 spiro atoms. The molecule has 2 N–H and O–H groups in total. The molecule has 2 aromatic rings. The van der Waals surface area contributed by atoms with E-state index in [0.29, 0.717) is 25.2 Å². The van der Waals surface area contributed by atoms with Crippen molar-refractivity contribution in [2.45, 2.75) is 32.0 Å². The van der Waals surface area contributed by atoms with Crippen LogP contribution < -0.4 is 10.6 Å². The van der Waals surface area contributed by atoms with Crippen molar-refractivity contribution in [3.05, 3.63) is 60.2 Å². The van der Waals surface area contributed by atoms with Crippen molar-refractivity contribution in [3.8, 4) is 0 Å². The standard InChI is InChI=1S/C22H24F3N3O2/c1-15(20(29)27-19-12-6-5-11-18(19)22(23,24)25)28-13-7-8-16(14-28)21(30)26-17-9-3-2-4-10-17/h2-6,9-12,15-16H,7-8,13-14H2,1H3,(H,26,30)(H,27,29). The molecule has 2 unspecified atom stereocenters. The fraction of sp³-hybridized carbons (Fsp3) is 0.364. The Balaban J connectivity index is 1.63. The Bertz CT molecular complexity index is 887. The van der Waals surface area contributed by atoms with E-state index in [1.54, 1.807) is 19.1 Å². The molecule has 1 fully saturated rings. The number of anilines is 2. The maximum absolute atomic E-state index is 13.2. The van der Waals surface area contributed by atoms with Crippen LogP contribution in [0.4, 0.5) is 24.5 Å². The molecule has 1 aliphatic heterocycles. The molecule has 1 aliphatic rings. The summed E-state index contributed by atoms with van der Waals surface area (Å²) >= 11 is 0. The van der Waals surface area contributed by atoms with Crippen molar-refractivity contribution in [2.75, 3.05) is 23.7 Å². The number of alkyl halides is 3. The quantitative estimate of drug-likeness (QED) is 0.756. The molecule has 1 heterocycles. The topological polar surface area (TPSA) is 61.4 Å². The Kier molecular flexibility index (Phi) is 6.77. The highest BCUT2D eigenvalue weighted by molar-refractivity contribution is 5.95. The zero-order valence-corrected chi connectivity index (χ0v) is 16.6. The Morgan fingerprint density at radius 1 is 1.03 bits per heavy atom. The summed E-state index contributed by atoms with van der Waals surface area (Å²) in [5.41, 5.74) is -0.448. The molecule has 2 amide bonds. The molecule has 3 rings (SSSR count). The van der Waals surface area contributed by atoms with Gasteiger partial charge in [-0.25, -0.2) is 0 Å². The van der Waals surface area contributed by atoms with Crippen LogP contribution in [0.1, 0.15) is 25.3 Å². The first-order valence-electron chi connectivity index (χ1n) is 9.83. The molecule has 0 aromatic heterocycles. The van der Waals surface area contributed by atoms with Crippen LogP contribution >= 0.6 is 0 Å². The number of likely N-dealkylation sites (tertiary alicyclic amines) is 1. The lowest BCUT2D eigenvalue weighted by molar-refractivity contribution is -0.137. The van der Waals surface area contributed by atoms with Gasteiger partial charge in [0.05, 0.1) is 23.2 Å². The number of hydrogen-bond donors (Lipinski definition) is 2. The molecule has 160 valence electrons. The average molecular weight is 419 g/mol. The van der Waals surface area contributed by atoms with E-state index in [9.17, 15) is 22.8 Å². The molecule has 0 aliphatic carbocycles. The smallest absolute Gasteiger partial charge is 0.326 e. The minimum Gasteiger partial charge on any atom is -0.326 e. The van der Waals surface area contributed by atoms with E-state index in [0.717, 1.165) is 12.5 Å². The van der Waals surface area contributed by atoms with Crippen molar-refractivity contribution in [1.29, 1.82) is 0 Å². The lowest BCUT2D eigenvalue weighted by atomic mass is 9.95. The summed E-state index contributed by atoms with van der Waals surface area (Å²) < 4.78 is 39.5. The number of nitrogens with one attached hydrogen (secondary N) is 2. The summed E-state index contributed by atoms with van der Waals surface area (Å²) in [6.45, 7) is 2.61. The van der Waals surface area contributed by atoms with Gasteiger partial charge in [0.2, 0.25) is 11.8 Å². The van der Waals surface area contributed by atoms with Gasteiger partial charge in [0, 0.05) is 12.2 Å². The molecule has 8 heteroatoms. The number of benzene rings is 2. The van der Waals surface area contributed by atoms with Gasteiger partial charge in [-0.15, -0.1) is 0 Å². The Labute approximate surface area is 173 Å². The van der Waals surface area contributed by atoms with Gasteiger partial charge in [0.1, 0.15) is 0 Å². The average Bonchev–Trinajstić information content (AvgIpc) is 2.73. The van der Waals surface area contributed by atoms with Crippen LogP contribution in [0.2, 0.25) is 0 Å². The van der Waals surface area contributed by atoms with E-state index in [4.69, 9.17) is 0 Å². The molecule has 2 aromatic carbocycles. The maximum Gasteiger partial charge on any atom is 0.418 e. The highest BCUT2D eigenvalue weighted by Crippen LogP contribution is 2.34. The SMILES string of the molecule is CC(C(=O)Nc1ccccc1C(F)(F)F)N1CCCC(C(=O)Nc2ccccc2)C1. The molecule has 30 heavy (non-hydrogen) atoms. The molecular weight excluding hydrogens is 395 g/mol. The molecule has 0 saturated carbocycles. The van der Waals surface area contributed by atoms with E-state index in [-0.39, 0.29) is 17.5 Å². The molecule has 0 radical (unpaired) electrons. The van der Waals surface area contributed by atoms with Crippen molar-refractivity contribution < 1.29 is 22.8 Å². The lowest BCUT2D eigenvalue weighted by Crippen LogP contribution is -2.49. The van der Waals surface area contributed by atoms with E-state index in [2.05, 4.69) is 10.6 Å². The number of para-hydroxylation sites is 2. The number of carbonyl (C=O) groups is 2. The van der Waals surface area contributed by atoms with Gasteiger partial charge < -0.3 is 10.6 Å². The Hall–Kier alpha value is -2.87. The predicted octanol–water partition coefficient (Wildman–Crippen LogP) is 4.38. The van der Waals surface area contributed by atoms with Gasteiger partial charge in [-0.2, -0.15) is 13.2 Å². The van der Waals surface area contributed by atoms with Gasteiger partial charge >= 0.3 is 6.18 Å². The molecule has 5 nitrogen and oxygen atoms in total. The first-order valence-corrected chi connectivity index (χ1v) is 9.83. The molecule has 1 saturated heterocycles. The van der Waals surface area contributed by atoms with Gasteiger partial charge in [-0.3, -0.25) is 14.5 Å². The van der Waals surface area contributed by atoms with E-state index in [1.165, 1.54) is 18.2 Å². The normalized spacial score (nSPS) is 18.5. The number of carbonyl (C=O) groups excluding carboxylic acids is 2. The first kappa shape index (κ1) is 21.8. The van der Waals surface area contributed by atoms with Crippen LogP contribution in [0.15, 0.2) is 54.6 Å². The van der Waals surface area contributed by atoms with Gasteiger partial charge in [0.25, 0.3) is 0 Å². The summed E-state index contributed by atoms with van der Waals surface area (Å²) in [5.74, 6) is -0.951. The second-order valence-corrected chi connectivity index (χ2v) is 7.40. The number of hydrogen-bond acceptors (Lipinski definition) is 3. The molecule has 0 bridgehead atoms. The van der Waals surface area contributed by atoms with E-state index >= 15 is 0 Å². The third-order valence-corrected chi connectivity index (χ3v) is 5.28. The van der Waals surface area contributed by atoms with Crippen molar-refractivity contribution in [2.24, 2.45) is 5.92 Å². The van der Waals surface area contributed by atoms with Crippen LogP contribution in [-0.2, 0) is 15.8 Å². The van der Waals surface area contributed by atoms with Gasteiger partial charge in [-0.05, 0) is 50.6 Å². The van der Waals surface area contributed by atoms with Crippen LogP contribution in [0.5, 0.6) is 0 Å². The summed E-state index contributed by atoms with van der Waals surface area (Å²) in [5, 5.41) is 5.27. The minimum atomic E-state index is -4.56. The van der Waals surface area contributed by atoms with Crippen molar-refractivity contribution >= 4 is 23.2 Å². The van der Waals surface area contributed by atoms with Crippen molar-refractivity contribution in [1.82, 2.24) is 4.90 Å². The van der Waals surface area contributed by atoms with Crippen LogP contribution in [0.3, 0.4) is 0 Å². The molecule has 2 atom stereocenters. The second-order valence-electron chi connectivity index (χ2n) is 7.40. The Morgan fingerprint density at radius 2 is 1.70 bits per heavy atom. The molecular formula is C22H24F3N3O2. The van der Waals surface area contributed by atoms with Crippen LogP contribution in [0, 0.1) is 5.92 Å². The lowest BCUT2D eigenvalue weighted by Gasteiger charge is -2.35. The second kappa shape index (κ2) is 9.30. The maximum atomic E-state index is 13.2. The number of piperidine rings is 1. The predicted molar refractivity (Wildman–Crippen MR) is 109 cm³/mol. The summed E-state index contributed by atoms with van der Waals surface area (Å²) in [6, 6.07) is 13.3.